The van der Waals surface area contributed by atoms with Gasteiger partial charge in [-0.25, -0.2) is 0 Å². The molecule has 0 amide bonds. The molecule has 0 atom stereocenters. The van der Waals surface area contributed by atoms with Crippen LogP contribution < -0.4 is 4.90 Å². The average Bonchev–Trinajstić information content (AvgIpc) is 3.82. The quantitative estimate of drug-likeness (QED) is 0.165. The Bertz CT molecular complexity index is 2860. The van der Waals surface area contributed by atoms with E-state index in [1.165, 1.54) is 106 Å². The van der Waals surface area contributed by atoms with E-state index in [-0.39, 0.29) is 5.41 Å². The van der Waals surface area contributed by atoms with E-state index in [0.29, 0.717) is 0 Å². The van der Waals surface area contributed by atoms with E-state index in [4.69, 9.17) is 0 Å². The normalized spacial score (nSPS) is 14.4. The molecule has 8 aromatic rings. The highest BCUT2D eigenvalue weighted by Crippen LogP contribution is 2.63. The number of fused-ring (bicyclic) bond motifs is 13. The molecular formula is C56H45N. The second kappa shape index (κ2) is 12.5. The first-order chi connectivity index (χ1) is 28.0. The predicted molar refractivity (Wildman–Crippen MR) is 239 cm³/mol. The Morgan fingerprint density at radius 3 is 1.35 bits per heavy atom. The van der Waals surface area contributed by atoms with Crippen LogP contribution in [-0.2, 0) is 23.7 Å². The Morgan fingerprint density at radius 2 is 0.789 bits per heavy atom. The molecule has 3 aliphatic rings. The number of hydrogen-bond acceptors (Lipinski definition) is 1. The van der Waals surface area contributed by atoms with Gasteiger partial charge < -0.3 is 4.90 Å². The summed E-state index contributed by atoms with van der Waals surface area (Å²) in [5.41, 5.74) is 24.5. The standard InChI is InChI=1S/C56H45N/c1-5-36-18-7-8-20-40(36)54-37(6-2)19-17-29-53(54)57(38-30-32-45-41-21-9-13-25-47(41)55(3,4)51(45)34-38)39-31-33-46-44-24-12-16-28-50(44)56(52(46)35-39)48-26-14-10-22-42(48)43-23-11-15-27-49(43)56/h7-35H,5-6H2,1-4H3. The summed E-state index contributed by atoms with van der Waals surface area (Å²) in [6.07, 6.45) is 1.91. The Hall–Kier alpha value is -6.44. The van der Waals surface area contributed by atoms with Crippen molar-refractivity contribution in [2.24, 2.45) is 0 Å². The second-order valence-electron chi connectivity index (χ2n) is 16.5. The van der Waals surface area contributed by atoms with Crippen LogP contribution in [0.15, 0.2) is 176 Å². The van der Waals surface area contributed by atoms with Crippen molar-refractivity contribution in [3.8, 4) is 44.5 Å². The van der Waals surface area contributed by atoms with E-state index >= 15 is 0 Å². The zero-order valence-electron chi connectivity index (χ0n) is 33.1. The topological polar surface area (TPSA) is 3.24 Å². The van der Waals surface area contributed by atoms with Gasteiger partial charge in [-0.3, -0.25) is 0 Å². The van der Waals surface area contributed by atoms with E-state index in [1.807, 2.05) is 0 Å². The number of aryl methyl sites for hydroxylation is 2. The molecule has 0 saturated heterocycles. The van der Waals surface area contributed by atoms with Gasteiger partial charge in [0.05, 0.1) is 11.1 Å². The molecule has 0 fully saturated rings. The van der Waals surface area contributed by atoms with Gasteiger partial charge >= 0.3 is 0 Å². The fourth-order valence-corrected chi connectivity index (χ4v) is 10.9. The molecule has 274 valence electrons. The maximum Gasteiger partial charge on any atom is 0.0726 e. The minimum atomic E-state index is -0.425. The third kappa shape index (κ3) is 4.57. The molecule has 0 unspecified atom stereocenters. The first-order valence-electron chi connectivity index (χ1n) is 20.6. The number of anilines is 3. The van der Waals surface area contributed by atoms with Gasteiger partial charge in [-0.05, 0) is 127 Å². The molecule has 0 saturated carbocycles. The summed E-state index contributed by atoms with van der Waals surface area (Å²) in [6.45, 7) is 9.34. The summed E-state index contributed by atoms with van der Waals surface area (Å²) in [7, 11) is 0. The molecule has 0 bridgehead atoms. The molecule has 1 heteroatoms. The van der Waals surface area contributed by atoms with Crippen molar-refractivity contribution in [3.63, 3.8) is 0 Å². The maximum absolute atomic E-state index is 2.57. The van der Waals surface area contributed by atoms with Gasteiger partial charge in [-0.15, -0.1) is 0 Å². The van der Waals surface area contributed by atoms with E-state index in [2.05, 4.69) is 209 Å². The molecule has 3 aliphatic carbocycles. The number of rotatable bonds is 6. The van der Waals surface area contributed by atoms with Crippen molar-refractivity contribution >= 4 is 17.1 Å². The Labute approximate surface area is 336 Å². The van der Waals surface area contributed by atoms with Crippen LogP contribution in [0.2, 0.25) is 0 Å². The van der Waals surface area contributed by atoms with Crippen LogP contribution in [0.4, 0.5) is 17.1 Å². The van der Waals surface area contributed by atoms with E-state index in [1.54, 1.807) is 0 Å². The fraction of sp³-hybridized carbons (Fsp3) is 0.143. The Balaban J connectivity index is 1.22. The van der Waals surface area contributed by atoms with Crippen LogP contribution >= 0.6 is 0 Å². The summed E-state index contributed by atoms with van der Waals surface area (Å²) in [6, 6.07) is 66.8. The van der Waals surface area contributed by atoms with Gasteiger partial charge in [0.25, 0.3) is 0 Å². The van der Waals surface area contributed by atoms with Crippen molar-refractivity contribution in [3.05, 3.63) is 220 Å². The molecule has 0 aliphatic heterocycles. The van der Waals surface area contributed by atoms with E-state index in [9.17, 15) is 0 Å². The number of hydrogen-bond donors (Lipinski definition) is 0. The molecular weight excluding hydrogens is 687 g/mol. The molecule has 0 N–H and O–H groups in total. The highest BCUT2D eigenvalue weighted by Gasteiger charge is 2.51. The summed E-state index contributed by atoms with van der Waals surface area (Å²) >= 11 is 0. The van der Waals surface area contributed by atoms with Gasteiger partial charge in [-0.1, -0.05) is 173 Å². The summed E-state index contributed by atoms with van der Waals surface area (Å²) in [5, 5.41) is 0. The molecule has 1 nitrogen and oxygen atoms in total. The Kier molecular flexibility index (Phi) is 7.45. The van der Waals surface area contributed by atoms with Gasteiger partial charge in [-0.2, -0.15) is 0 Å². The maximum atomic E-state index is 2.57. The number of benzene rings is 8. The molecule has 57 heavy (non-hydrogen) atoms. The molecule has 8 aromatic carbocycles. The van der Waals surface area contributed by atoms with Crippen molar-refractivity contribution in [1.29, 1.82) is 0 Å². The smallest absolute Gasteiger partial charge is 0.0726 e. The predicted octanol–water partition coefficient (Wildman–Crippen LogP) is 14.6. The van der Waals surface area contributed by atoms with Crippen molar-refractivity contribution in [2.75, 3.05) is 4.90 Å². The van der Waals surface area contributed by atoms with Crippen LogP contribution in [0, 0.1) is 0 Å². The first kappa shape index (κ1) is 33.9. The van der Waals surface area contributed by atoms with Crippen LogP contribution in [0.3, 0.4) is 0 Å². The Morgan fingerprint density at radius 1 is 0.368 bits per heavy atom. The molecule has 0 radical (unpaired) electrons. The molecule has 11 rings (SSSR count). The van der Waals surface area contributed by atoms with Crippen molar-refractivity contribution < 1.29 is 0 Å². The molecule has 0 aromatic heterocycles. The lowest BCUT2D eigenvalue weighted by Gasteiger charge is -2.33. The molecule has 0 heterocycles. The van der Waals surface area contributed by atoms with Gasteiger partial charge in [0.2, 0.25) is 0 Å². The van der Waals surface area contributed by atoms with Crippen LogP contribution in [0.5, 0.6) is 0 Å². The van der Waals surface area contributed by atoms with E-state index < -0.39 is 5.41 Å². The highest BCUT2D eigenvalue weighted by atomic mass is 15.1. The minimum absolute atomic E-state index is 0.128. The largest absolute Gasteiger partial charge is 0.310 e. The zero-order valence-corrected chi connectivity index (χ0v) is 33.1. The minimum Gasteiger partial charge on any atom is -0.310 e. The second-order valence-corrected chi connectivity index (χ2v) is 16.5. The lowest BCUT2D eigenvalue weighted by atomic mass is 9.70. The SMILES string of the molecule is CCc1ccccc1-c1c(CC)cccc1N(c1ccc2c(c1)C(C)(C)c1ccccc1-2)c1ccc2c(c1)C1(c3ccccc3-c3ccccc31)c1ccccc1-2. The average molecular weight is 732 g/mol. The van der Waals surface area contributed by atoms with Crippen LogP contribution in [0.25, 0.3) is 44.5 Å². The highest BCUT2D eigenvalue weighted by molar-refractivity contribution is 5.98. The van der Waals surface area contributed by atoms with Crippen LogP contribution in [0.1, 0.15) is 72.2 Å². The number of nitrogens with zero attached hydrogens (tertiary/aromatic N) is 1. The third-order valence-corrected chi connectivity index (χ3v) is 13.5. The van der Waals surface area contributed by atoms with Crippen molar-refractivity contribution in [1.82, 2.24) is 0 Å². The first-order valence-corrected chi connectivity index (χ1v) is 20.6. The van der Waals surface area contributed by atoms with Gasteiger partial charge in [0, 0.05) is 22.4 Å². The lowest BCUT2D eigenvalue weighted by molar-refractivity contribution is 0.660. The van der Waals surface area contributed by atoms with Gasteiger partial charge in [0.1, 0.15) is 0 Å². The monoisotopic (exact) mass is 731 g/mol. The third-order valence-electron chi connectivity index (χ3n) is 13.5. The van der Waals surface area contributed by atoms with Crippen LogP contribution in [-0.4, -0.2) is 0 Å². The molecule has 1 spiro atoms. The summed E-state index contributed by atoms with van der Waals surface area (Å²) in [5.74, 6) is 0. The fourth-order valence-electron chi connectivity index (χ4n) is 10.9. The summed E-state index contributed by atoms with van der Waals surface area (Å²) < 4.78 is 0. The lowest BCUT2D eigenvalue weighted by Crippen LogP contribution is -2.26. The summed E-state index contributed by atoms with van der Waals surface area (Å²) in [4.78, 5) is 2.57. The van der Waals surface area contributed by atoms with Gasteiger partial charge in [0.15, 0.2) is 0 Å². The zero-order chi connectivity index (χ0) is 38.5. The van der Waals surface area contributed by atoms with E-state index in [0.717, 1.165) is 12.8 Å². The van der Waals surface area contributed by atoms with Crippen molar-refractivity contribution in [2.45, 2.75) is 51.4 Å².